The van der Waals surface area contributed by atoms with Gasteiger partial charge in [-0.25, -0.2) is 0 Å². The Morgan fingerprint density at radius 1 is 1.56 bits per heavy atom. The normalized spacial score (nSPS) is 22.0. The molecule has 94 valence electrons. The van der Waals surface area contributed by atoms with E-state index in [4.69, 9.17) is 0 Å². The third kappa shape index (κ3) is 5.21. The topological polar surface area (TPSA) is 32.3 Å². The molecule has 0 aromatic carbocycles. The highest BCUT2D eigenvalue weighted by Crippen LogP contribution is 2.20. The fourth-order valence-corrected chi connectivity index (χ4v) is 2.71. The number of likely N-dealkylation sites (tertiary alicyclic amines) is 1. The molecule has 1 fully saturated rings. The van der Waals surface area contributed by atoms with Gasteiger partial charge in [-0.05, 0) is 38.0 Å². The van der Waals surface area contributed by atoms with Crippen LogP contribution in [-0.4, -0.2) is 49.5 Å². The highest BCUT2D eigenvalue weighted by molar-refractivity contribution is 7.98. The number of carbonyl (C=O) groups excluding carboxylic acids is 1. The Morgan fingerprint density at radius 3 is 3.06 bits per heavy atom. The predicted octanol–water partition coefficient (Wildman–Crippen LogP) is 1.59. The van der Waals surface area contributed by atoms with Crippen LogP contribution >= 0.6 is 11.8 Å². The Kier molecular flexibility index (Phi) is 6.88. The maximum atomic E-state index is 11.2. The van der Waals surface area contributed by atoms with Crippen LogP contribution in [0.4, 0.5) is 0 Å². The molecular weight excluding hydrogens is 220 g/mol. The number of amides is 1. The second-order valence-electron chi connectivity index (χ2n) is 4.51. The van der Waals surface area contributed by atoms with Crippen molar-refractivity contribution < 1.29 is 4.79 Å². The van der Waals surface area contributed by atoms with E-state index in [1.54, 1.807) is 7.05 Å². The number of nitrogens with zero attached hydrogens (tertiary/aromatic N) is 1. The number of nitrogens with one attached hydrogen (secondary N) is 1. The first-order valence-corrected chi connectivity index (χ1v) is 7.57. The van der Waals surface area contributed by atoms with Gasteiger partial charge in [0.05, 0.1) is 0 Å². The van der Waals surface area contributed by atoms with Crippen molar-refractivity contribution in [3.8, 4) is 0 Å². The van der Waals surface area contributed by atoms with Crippen LogP contribution in [0.1, 0.15) is 25.7 Å². The molecule has 1 aliphatic rings. The molecule has 0 spiro atoms. The molecule has 0 aromatic rings. The lowest BCUT2D eigenvalue weighted by Gasteiger charge is -2.32. The Hall–Kier alpha value is -0.220. The molecule has 0 saturated carbocycles. The maximum Gasteiger partial charge on any atom is 0.219 e. The summed E-state index contributed by atoms with van der Waals surface area (Å²) in [5.41, 5.74) is 0. The van der Waals surface area contributed by atoms with E-state index in [0.29, 0.717) is 6.42 Å². The number of hydrogen-bond acceptors (Lipinski definition) is 3. The second kappa shape index (κ2) is 7.96. The Morgan fingerprint density at radius 2 is 2.38 bits per heavy atom. The molecule has 1 atom stereocenters. The highest BCUT2D eigenvalue weighted by atomic mass is 32.2. The SMILES string of the molecule is CNC(=O)CCC1CCCN(CCSC)C1. The van der Waals surface area contributed by atoms with Crippen LogP contribution in [0.25, 0.3) is 0 Å². The molecule has 0 aliphatic carbocycles. The molecular formula is C12H24N2OS. The minimum absolute atomic E-state index is 0.182. The average Bonchev–Trinajstić information content (AvgIpc) is 2.34. The molecule has 1 rings (SSSR count). The summed E-state index contributed by atoms with van der Waals surface area (Å²) < 4.78 is 0. The molecule has 1 saturated heterocycles. The molecule has 0 radical (unpaired) electrons. The van der Waals surface area contributed by atoms with Gasteiger partial charge in [-0.1, -0.05) is 0 Å². The van der Waals surface area contributed by atoms with E-state index >= 15 is 0 Å². The van der Waals surface area contributed by atoms with Crippen LogP contribution in [0.15, 0.2) is 0 Å². The lowest BCUT2D eigenvalue weighted by molar-refractivity contribution is -0.121. The van der Waals surface area contributed by atoms with E-state index in [1.807, 2.05) is 11.8 Å². The zero-order chi connectivity index (χ0) is 11.8. The third-order valence-corrected chi connectivity index (χ3v) is 3.86. The maximum absolute atomic E-state index is 11.2. The second-order valence-corrected chi connectivity index (χ2v) is 5.50. The van der Waals surface area contributed by atoms with Gasteiger partial charge in [0.25, 0.3) is 0 Å². The summed E-state index contributed by atoms with van der Waals surface area (Å²) in [6, 6.07) is 0. The van der Waals surface area contributed by atoms with Gasteiger partial charge in [0, 0.05) is 32.3 Å². The van der Waals surface area contributed by atoms with Gasteiger partial charge in [-0.3, -0.25) is 4.79 Å². The largest absolute Gasteiger partial charge is 0.359 e. The average molecular weight is 244 g/mol. The summed E-state index contributed by atoms with van der Waals surface area (Å²) in [6.07, 6.45) is 6.50. The van der Waals surface area contributed by atoms with Gasteiger partial charge in [-0.2, -0.15) is 11.8 Å². The van der Waals surface area contributed by atoms with Crippen molar-refractivity contribution in [2.24, 2.45) is 5.92 Å². The fraction of sp³-hybridized carbons (Fsp3) is 0.917. The molecule has 3 nitrogen and oxygen atoms in total. The zero-order valence-electron chi connectivity index (χ0n) is 10.5. The van der Waals surface area contributed by atoms with Crippen LogP contribution in [0, 0.1) is 5.92 Å². The number of thioether (sulfide) groups is 1. The minimum Gasteiger partial charge on any atom is -0.359 e. The van der Waals surface area contributed by atoms with Crippen molar-refractivity contribution in [2.75, 3.05) is 38.7 Å². The van der Waals surface area contributed by atoms with Gasteiger partial charge in [0.2, 0.25) is 5.91 Å². The zero-order valence-corrected chi connectivity index (χ0v) is 11.3. The van der Waals surface area contributed by atoms with Crippen molar-refractivity contribution in [3.63, 3.8) is 0 Å². The Bertz CT molecular complexity index is 211. The van der Waals surface area contributed by atoms with E-state index in [-0.39, 0.29) is 5.91 Å². The van der Waals surface area contributed by atoms with E-state index < -0.39 is 0 Å². The molecule has 1 N–H and O–H groups in total. The number of carbonyl (C=O) groups is 1. The van der Waals surface area contributed by atoms with E-state index in [9.17, 15) is 4.79 Å². The van der Waals surface area contributed by atoms with Crippen LogP contribution in [-0.2, 0) is 4.79 Å². The van der Waals surface area contributed by atoms with Gasteiger partial charge in [-0.15, -0.1) is 0 Å². The molecule has 1 unspecified atom stereocenters. The van der Waals surface area contributed by atoms with Gasteiger partial charge < -0.3 is 10.2 Å². The molecule has 0 aromatic heterocycles. The van der Waals surface area contributed by atoms with Crippen molar-refractivity contribution in [1.29, 1.82) is 0 Å². The van der Waals surface area contributed by atoms with Crippen molar-refractivity contribution in [1.82, 2.24) is 10.2 Å². The fourth-order valence-electron chi connectivity index (χ4n) is 2.27. The Balaban J connectivity index is 2.19. The molecule has 0 bridgehead atoms. The molecule has 1 amide bonds. The molecule has 4 heteroatoms. The van der Waals surface area contributed by atoms with Gasteiger partial charge in [0.1, 0.15) is 0 Å². The lowest BCUT2D eigenvalue weighted by Crippen LogP contribution is -2.37. The first kappa shape index (κ1) is 13.8. The summed E-state index contributed by atoms with van der Waals surface area (Å²) in [5.74, 6) is 2.14. The van der Waals surface area contributed by atoms with Crippen LogP contribution < -0.4 is 5.32 Å². The first-order chi connectivity index (χ1) is 7.76. The minimum atomic E-state index is 0.182. The molecule has 1 heterocycles. The summed E-state index contributed by atoms with van der Waals surface area (Å²) in [5, 5.41) is 2.69. The summed E-state index contributed by atoms with van der Waals surface area (Å²) in [6.45, 7) is 3.65. The highest BCUT2D eigenvalue weighted by Gasteiger charge is 2.19. The molecule has 1 aliphatic heterocycles. The quantitative estimate of drug-likeness (QED) is 0.770. The number of piperidine rings is 1. The van der Waals surface area contributed by atoms with Crippen molar-refractivity contribution in [3.05, 3.63) is 0 Å². The Labute approximate surface area is 103 Å². The van der Waals surface area contributed by atoms with E-state index in [2.05, 4.69) is 16.5 Å². The lowest BCUT2D eigenvalue weighted by atomic mass is 9.93. The number of rotatable bonds is 6. The van der Waals surface area contributed by atoms with Gasteiger partial charge in [0.15, 0.2) is 0 Å². The van der Waals surface area contributed by atoms with Crippen LogP contribution in [0.5, 0.6) is 0 Å². The predicted molar refractivity (Wildman–Crippen MR) is 70.8 cm³/mol. The third-order valence-electron chi connectivity index (χ3n) is 3.27. The smallest absolute Gasteiger partial charge is 0.219 e. The van der Waals surface area contributed by atoms with Crippen molar-refractivity contribution >= 4 is 17.7 Å². The van der Waals surface area contributed by atoms with Crippen LogP contribution in [0.2, 0.25) is 0 Å². The van der Waals surface area contributed by atoms with Crippen LogP contribution in [0.3, 0.4) is 0 Å². The standard InChI is InChI=1S/C12H24N2OS/c1-13-12(15)6-5-11-4-3-7-14(10-11)8-9-16-2/h11H,3-10H2,1-2H3,(H,13,15). The van der Waals surface area contributed by atoms with Crippen molar-refractivity contribution in [2.45, 2.75) is 25.7 Å². The summed E-state index contributed by atoms with van der Waals surface area (Å²) in [4.78, 5) is 13.7. The number of hydrogen-bond donors (Lipinski definition) is 1. The molecule has 16 heavy (non-hydrogen) atoms. The summed E-state index contributed by atoms with van der Waals surface area (Å²) >= 11 is 1.91. The van der Waals surface area contributed by atoms with E-state index in [1.165, 1.54) is 38.2 Å². The van der Waals surface area contributed by atoms with E-state index in [0.717, 1.165) is 12.3 Å². The summed E-state index contributed by atoms with van der Waals surface area (Å²) in [7, 11) is 1.72. The van der Waals surface area contributed by atoms with Gasteiger partial charge >= 0.3 is 0 Å². The monoisotopic (exact) mass is 244 g/mol. The first-order valence-electron chi connectivity index (χ1n) is 6.18.